The van der Waals surface area contributed by atoms with Crippen LogP contribution in [-0.4, -0.2) is 16.0 Å². The van der Waals surface area contributed by atoms with Crippen LogP contribution in [-0.2, 0) is 6.42 Å². The number of furan rings is 1. The van der Waals surface area contributed by atoms with Gasteiger partial charge in [0.1, 0.15) is 11.6 Å². The summed E-state index contributed by atoms with van der Waals surface area (Å²) in [5.41, 5.74) is 0. The molecule has 0 saturated carbocycles. The first-order valence-electron chi connectivity index (χ1n) is 6.03. The van der Waals surface area contributed by atoms with Crippen LogP contribution in [0.1, 0.15) is 37.9 Å². The second kappa shape index (κ2) is 5.68. The van der Waals surface area contributed by atoms with E-state index in [4.69, 9.17) is 4.42 Å². The van der Waals surface area contributed by atoms with E-state index in [-0.39, 0.29) is 6.04 Å². The number of aromatic amines is 1. The third kappa shape index (κ3) is 3.46. The molecule has 2 heterocycles. The summed E-state index contributed by atoms with van der Waals surface area (Å²) in [4.78, 5) is 7.36. The molecule has 2 unspecified atom stereocenters. The van der Waals surface area contributed by atoms with Gasteiger partial charge < -0.3 is 14.7 Å². The van der Waals surface area contributed by atoms with Gasteiger partial charge >= 0.3 is 0 Å². The van der Waals surface area contributed by atoms with Crippen LogP contribution >= 0.6 is 0 Å². The first-order valence-corrected chi connectivity index (χ1v) is 6.03. The van der Waals surface area contributed by atoms with E-state index in [1.165, 1.54) is 0 Å². The summed E-state index contributed by atoms with van der Waals surface area (Å²) in [5.74, 6) is 2.03. The fraction of sp³-hybridized carbons (Fsp3) is 0.462. The highest BCUT2D eigenvalue weighted by Gasteiger charge is 2.11. The highest BCUT2D eigenvalue weighted by atomic mass is 16.3. The Morgan fingerprint density at radius 2 is 2.35 bits per heavy atom. The Labute approximate surface area is 101 Å². The molecule has 17 heavy (non-hydrogen) atoms. The maximum Gasteiger partial charge on any atom is 0.122 e. The van der Waals surface area contributed by atoms with Gasteiger partial charge in [-0.15, -0.1) is 0 Å². The second-order valence-electron chi connectivity index (χ2n) is 4.38. The van der Waals surface area contributed by atoms with Crippen molar-refractivity contribution in [3.05, 3.63) is 42.4 Å². The van der Waals surface area contributed by atoms with Crippen molar-refractivity contribution in [1.82, 2.24) is 15.3 Å². The molecule has 0 amide bonds. The van der Waals surface area contributed by atoms with Crippen molar-refractivity contribution in [2.45, 2.75) is 38.8 Å². The number of nitrogens with zero attached hydrogens (tertiary/aromatic N) is 1. The molecule has 0 bridgehead atoms. The van der Waals surface area contributed by atoms with Crippen molar-refractivity contribution in [1.29, 1.82) is 0 Å². The smallest absolute Gasteiger partial charge is 0.122 e. The molecule has 0 aromatic carbocycles. The Morgan fingerprint density at radius 1 is 1.47 bits per heavy atom. The van der Waals surface area contributed by atoms with Crippen molar-refractivity contribution in [3.63, 3.8) is 0 Å². The van der Waals surface area contributed by atoms with Crippen LogP contribution in [0, 0.1) is 0 Å². The molecule has 4 heteroatoms. The average molecular weight is 233 g/mol. The molecule has 2 rings (SSSR count). The van der Waals surface area contributed by atoms with Crippen LogP contribution in [0.15, 0.2) is 35.2 Å². The van der Waals surface area contributed by atoms with Gasteiger partial charge in [-0.2, -0.15) is 0 Å². The predicted molar refractivity (Wildman–Crippen MR) is 66.6 cm³/mol. The molecule has 2 aromatic heterocycles. The largest absolute Gasteiger partial charge is 0.469 e. The summed E-state index contributed by atoms with van der Waals surface area (Å²) in [5, 5.41) is 3.51. The molecule has 0 aliphatic heterocycles. The summed E-state index contributed by atoms with van der Waals surface area (Å²) in [6.45, 7) is 4.30. The lowest BCUT2D eigenvalue weighted by Gasteiger charge is -2.18. The normalized spacial score (nSPS) is 14.7. The molecule has 0 radical (unpaired) electrons. The first kappa shape index (κ1) is 11.9. The van der Waals surface area contributed by atoms with Gasteiger partial charge in [0.05, 0.1) is 12.3 Å². The molecule has 0 fully saturated rings. The molecule has 4 nitrogen and oxygen atoms in total. The SMILES string of the molecule is CC(CCc1ccco1)NC(C)c1ncc[nH]1. The number of aryl methyl sites for hydroxylation is 1. The van der Waals surface area contributed by atoms with Gasteiger partial charge in [-0.25, -0.2) is 4.98 Å². The number of hydrogen-bond donors (Lipinski definition) is 2. The quantitative estimate of drug-likeness (QED) is 0.806. The number of aromatic nitrogens is 2. The van der Waals surface area contributed by atoms with Crippen molar-refractivity contribution >= 4 is 0 Å². The predicted octanol–water partition coefficient (Wildman–Crippen LogP) is 2.67. The van der Waals surface area contributed by atoms with Gasteiger partial charge in [-0.1, -0.05) is 0 Å². The molecule has 2 N–H and O–H groups in total. The fourth-order valence-electron chi connectivity index (χ4n) is 1.92. The molecule has 92 valence electrons. The molecule has 0 aliphatic rings. The monoisotopic (exact) mass is 233 g/mol. The van der Waals surface area contributed by atoms with E-state index in [2.05, 4.69) is 29.1 Å². The standard InChI is InChI=1S/C13H19N3O/c1-10(5-6-12-4-3-9-17-12)16-11(2)13-14-7-8-15-13/h3-4,7-11,16H,5-6H2,1-2H3,(H,14,15). The van der Waals surface area contributed by atoms with Gasteiger partial charge in [0.2, 0.25) is 0 Å². The van der Waals surface area contributed by atoms with Gasteiger partial charge in [0, 0.05) is 24.9 Å². The number of nitrogens with one attached hydrogen (secondary N) is 2. The Morgan fingerprint density at radius 3 is 3.00 bits per heavy atom. The van der Waals surface area contributed by atoms with Crippen molar-refractivity contribution < 1.29 is 4.42 Å². The molecule has 0 aliphatic carbocycles. The fourth-order valence-corrected chi connectivity index (χ4v) is 1.92. The van der Waals surface area contributed by atoms with Crippen LogP contribution in [0.4, 0.5) is 0 Å². The minimum Gasteiger partial charge on any atom is -0.469 e. The van der Waals surface area contributed by atoms with E-state index < -0.39 is 0 Å². The summed E-state index contributed by atoms with van der Waals surface area (Å²) < 4.78 is 5.31. The Bertz CT molecular complexity index is 408. The third-order valence-electron chi connectivity index (χ3n) is 2.87. The van der Waals surface area contributed by atoms with Gasteiger partial charge in [0.15, 0.2) is 0 Å². The number of hydrogen-bond acceptors (Lipinski definition) is 3. The molecule has 2 aromatic rings. The summed E-state index contributed by atoms with van der Waals surface area (Å²) in [6, 6.07) is 4.62. The van der Waals surface area contributed by atoms with Gasteiger partial charge in [0.25, 0.3) is 0 Å². The summed E-state index contributed by atoms with van der Waals surface area (Å²) in [7, 11) is 0. The van der Waals surface area contributed by atoms with Crippen molar-refractivity contribution in [2.24, 2.45) is 0 Å². The van der Waals surface area contributed by atoms with Gasteiger partial charge in [-0.05, 0) is 32.4 Å². The zero-order valence-electron chi connectivity index (χ0n) is 10.3. The van der Waals surface area contributed by atoms with E-state index in [1.54, 1.807) is 12.5 Å². The Balaban J connectivity index is 1.75. The topological polar surface area (TPSA) is 53.9 Å². The van der Waals surface area contributed by atoms with Crippen LogP contribution in [0.3, 0.4) is 0 Å². The van der Waals surface area contributed by atoms with Crippen LogP contribution in [0.25, 0.3) is 0 Å². The lowest BCUT2D eigenvalue weighted by molar-refractivity contribution is 0.423. The van der Waals surface area contributed by atoms with Crippen LogP contribution < -0.4 is 5.32 Å². The lowest BCUT2D eigenvalue weighted by atomic mass is 10.1. The lowest BCUT2D eigenvalue weighted by Crippen LogP contribution is -2.29. The molecular formula is C13H19N3O. The van der Waals surface area contributed by atoms with E-state index >= 15 is 0 Å². The molecule has 2 atom stereocenters. The molecule has 0 spiro atoms. The number of imidazole rings is 1. The second-order valence-corrected chi connectivity index (χ2v) is 4.38. The molecular weight excluding hydrogens is 214 g/mol. The minimum atomic E-state index is 0.247. The maximum atomic E-state index is 5.31. The maximum absolute atomic E-state index is 5.31. The van der Waals surface area contributed by atoms with E-state index in [9.17, 15) is 0 Å². The Hall–Kier alpha value is -1.55. The van der Waals surface area contributed by atoms with E-state index in [0.29, 0.717) is 6.04 Å². The average Bonchev–Trinajstić information content (AvgIpc) is 2.99. The number of rotatable bonds is 6. The van der Waals surface area contributed by atoms with Crippen LogP contribution in [0.5, 0.6) is 0 Å². The highest BCUT2D eigenvalue weighted by Crippen LogP contribution is 2.10. The van der Waals surface area contributed by atoms with Crippen molar-refractivity contribution in [2.75, 3.05) is 0 Å². The van der Waals surface area contributed by atoms with E-state index in [1.807, 2.05) is 18.3 Å². The third-order valence-corrected chi connectivity index (χ3v) is 2.87. The Kier molecular flexibility index (Phi) is 3.98. The van der Waals surface area contributed by atoms with Gasteiger partial charge in [-0.3, -0.25) is 0 Å². The van der Waals surface area contributed by atoms with E-state index in [0.717, 1.165) is 24.4 Å². The first-order chi connectivity index (χ1) is 8.25. The number of H-pyrrole nitrogens is 1. The minimum absolute atomic E-state index is 0.247. The van der Waals surface area contributed by atoms with Crippen molar-refractivity contribution in [3.8, 4) is 0 Å². The molecule has 0 saturated heterocycles. The highest BCUT2D eigenvalue weighted by molar-refractivity contribution is 4.99. The van der Waals surface area contributed by atoms with Crippen LogP contribution in [0.2, 0.25) is 0 Å². The zero-order chi connectivity index (χ0) is 12.1. The summed E-state index contributed by atoms with van der Waals surface area (Å²) >= 11 is 0. The summed E-state index contributed by atoms with van der Waals surface area (Å²) in [6.07, 6.45) is 7.37. The zero-order valence-corrected chi connectivity index (χ0v) is 10.3.